The number of amides is 2. The number of anilines is 2. The third-order valence-electron chi connectivity index (χ3n) is 5.81. The van der Waals surface area contributed by atoms with E-state index < -0.39 is 25.7 Å². The standard InChI is InChI=1S/C23H27FN4O4S3/c1-17(29)25-14-20-15-28(23(30)32-20)19-7-8-22(21(24)13-19)26-9-11-27(12-10-26)35(31,33)34-16-18-5-3-2-4-6-18/h2-8,13,20H,9-12,14-16H2,1H3,(H,25,29)/t20-,35?/m0/s1. The van der Waals surface area contributed by atoms with Gasteiger partial charge in [-0.15, -0.1) is 0 Å². The minimum atomic E-state index is -2.66. The Hall–Kier alpha value is -2.41. The van der Waals surface area contributed by atoms with Crippen molar-refractivity contribution in [3.05, 3.63) is 59.9 Å². The monoisotopic (exact) mass is 538 g/mol. The molecule has 4 rings (SSSR count). The van der Waals surface area contributed by atoms with Gasteiger partial charge >= 0.3 is 6.09 Å². The second-order valence-electron chi connectivity index (χ2n) is 8.28. The van der Waals surface area contributed by atoms with Crippen molar-refractivity contribution in [1.82, 2.24) is 9.62 Å². The molecule has 0 aliphatic carbocycles. The first kappa shape index (κ1) is 25.7. The van der Waals surface area contributed by atoms with Crippen LogP contribution < -0.4 is 15.1 Å². The first-order valence-corrected chi connectivity index (χ1v) is 15.1. The number of hydrogen-bond acceptors (Lipinski definition) is 7. The molecule has 0 spiro atoms. The maximum atomic E-state index is 15.0. The predicted octanol–water partition coefficient (Wildman–Crippen LogP) is 2.92. The summed E-state index contributed by atoms with van der Waals surface area (Å²) in [7, 11) is -1.39. The molecule has 2 aromatic rings. The molecule has 2 atom stereocenters. The van der Waals surface area contributed by atoms with Crippen molar-refractivity contribution in [3.63, 3.8) is 0 Å². The zero-order valence-corrected chi connectivity index (χ0v) is 21.7. The van der Waals surface area contributed by atoms with Crippen molar-refractivity contribution < 1.29 is 22.9 Å². The van der Waals surface area contributed by atoms with E-state index >= 15 is 4.39 Å². The highest BCUT2D eigenvalue weighted by atomic mass is 33.3. The maximum absolute atomic E-state index is 15.0. The van der Waals surface area contributed by atoms with Crippen LogP contribution in [-0.2, 0) is 34.2 Å². The lowest BCUT2D eigenvalue weighted by atomic mass is 10.2. The van der Waals surface area contributed by atoms with Crippen LogP contribution in [0.4, 0.5) is 20.6 Å². The predicted molar refractivity (Wildman–Crippen MR) is 140 cm³/mol. The number of carbonyl (C=O) groups is 2. The van der Waals surface area contributed by atoms with Crippen LogP contribution in [0.2, 0.25) is 0 Å². The van der Waals surface area contributed by atoms with Crippen molar-refractivity contribution in [1.29, 1.82) is 0 Å². The Morgan fingerprint density at radius 3 is 2.57 bits per heavy atom. The summed E-state index contributed by atoms with van der Waals surface area (Å²) >= 11 is 5.43. The maximum Gasteiger partial charge on any atom is 0.414 e. The van der Waals surface area contributed by atoms with Gasteiger partial charge < -0.3 is 15.0 Å². The molecule has 0 saturated carbocycles. The van der Waals surface area contributed by atoms with E-state index in [1.165, 1.54) is 28.7 Å². The van der Waals surface area contributed by atoms with Gasteiger partial charge in [-0.3, -0.25) is 9.69 Å². The van der Waals surface area contributed by atoms with E-state index in [-0.39, 0.29) is 19.0 Å². The number of hydrogen-bond donors (Lipinski definition) is 1. The van der Waals surface area contributed by atoms with Crippen molar-refractivity contribution in [3.8, 4) is 0 Å². The van der Waals surface area contributed by atoms with Gasteiger partial charge in [0.25, 0.3) is 0 Å². The third kappa shape index (κ3) is 6.43. The number of cyclic esters (lactones) is 1. The average Bonchev–Trinajstić information content (AvgIpc) is 3.23. The topological polar surface area (TPSA) is 82.2 Å². The molecular weight excluding hydrogens is 511 g/mol. The third-order valence-corrected chi connectivity index (χ3v) is 10.9. The van der Waals surface area contributed by atoms with Crippen LogP contribution in [0.15, 0.2) is 48.5 Å². The van der Waals surface area contributed by atoms with Crippen LogP contribution in [0.25, 0.3) is 0 Å². The molecule has 12 heteroatoms. The van der Waals surface area contributed by atoms with Gasteiger partial charge in [0.05, 0.1) is 24.5 Å². The summed E-state index contributed by atoms with van der Waals surface area (Å²) in [4.78, 5) is 26.6. The molecule has 2 aliphatic rings. The number of piperazine rings is 1. The molecule has 2 aliphatic heterocycles. The smallest absolute Gasteiger partial charge is 0.414 e. The number of ether oxygens (including phenoxy) is 1. The quantitative estimate of drug-likeness (QED) is 0.518. The Morgan fingerprint density at radius 1 is 1.20 bits per heavy atom. The number of halogens is 1. The number of benzene rings is 2. The summed E-state index contributed by atoms with van der Waals surface area (Å²) in [5, 5.41) is 2.62. The lowest BCUT2D eigenvalue weighted by Crippen LogP contribution is -2.47. The number of carbonyl (C=O) groups excluding carboxylic acids is 2. The van der Waals surface area contributed by atoms with Gasteiger partial charge in [0.2, 0.25) is 5.91 Å². The molecule has 2 saturated heterocycles. The Kier molecular flexibility index (Phi) is 8.15. The van der Waals surface area contributed by atoms with Gasteiger partial charge in [0, 0.05) is 50.0 Å². The summed E-state index contributed by atoms with van der Waals surface area (Å²) in [6, 6.07) is 14.4. The first-order chi connectivity index (χ1) is 16.7. The molecule has 1 unspecified atom stereocenters. The van der Waals surface area contributed by atoms with E-state index in [2.05, 4.69) is 5.32 Å². The highest BCUT2D eigenvalue weighted by molar-refractivity contribution is 8.84. The Bertz CT molecular complexity index is 1170. The summed E-state index contributed by atoms with van der Waals surface area (Å²) in [5.41, 5.74) is 1.88. The van der Waals surface area contributed by atoms with Gasteiger partial charge in [-0.2, -0.15) is 0 Å². The van der Waals surface area contributed by atoms with Crippen LogP contribution in [0.1, 0.15) is 12.5 Å². The van der Waals surface area contributed by atoms with Crippen LogP contribution >= 0.6 is 10.8 Å². The molecule has 2 heterocycles. The molecule has 0 aromatic heterocycles. The van der Waals surface area contributed by atoms with E-state index in [9.17, 15) is 13.8 Å². The summed E-state index contributed by atoms with van der Waals surface area (Å²) < 4.78 is 35.2. The van der Waals surface area contributed by atoms with Gasteiger partial charge in [-0.05, 0) is 34.6 Å². The van der Waals surface area contributed by atoms with E-state index in [1.54, 1.807) is 16.4 Å². The average molecular weight is 539 g/mol. The van der Waals surface area contributed by atoms with Crippen molar-refractivity contribution in [2.24, 2.45) is 0 Å². The fourth-order valence-corrected chi connectivity index (χ4v) is 7.83. The Morgan fingerprint density at radius 2 is 1.91 bits per heavy atom. The van der Waals surface area contributed by atoms with Crippen molar-refractivity contribution >= 4 is 53.1 Å². The molecular formula is C23H27FN4O4S3. The second kappa shape index (κ2) is 11.1. The highest BCUT2D eigenvalue weighted by Crippen LogP contribution is 2.30. The summed E-state index contributed by atoms with van der Waals surface area (Å²) in [6.07, 6.45) is -1.07. The molecule has 8 nitrogen and oxygen atoms in total. The minimum Gasteiger partial charge on any atom is -0.442 e. The molecule has 0 bridgehead atoms. The molecule has 2 aromatic carbocycles. The van der Waals surface area contributed by atoms with Crippen LogP contribution in [0.3, 0.4) is 0 Å². The molecule has 188 valence electrons. The molecule has 2 fully saturated rings. The largest absolute Gasteiger partial charge is 0.442 e. The SMILES string of the molecule is CC(=O)NC[C@H]1CN(c2ccc(N3CCN(S(=O)(=S)SCc4ccccc4)CC3)c(F)c2)C(=O)O1. The van der Waals surface area contributed by atoms with Gasteiger partial charge in [0.1, 0.15) is 19.6 Å². The lowest BCUT2D eigenvalue weighted by Gasteiger charge is -2.36. The molecule has 0 radical (unpaired) electrons. The van der Waals surface area contributed by atoms with E-state index in [4.69, 9.17) is 15.9 Å². The van der Waals surface area contributed by atoms with Gasteiger partial charge in [0.15, 0.2) is 0 Å². The van der Waals surface area contributed by atoms with E-state index in [0.29, 0.717) is 43.3 Å². The Balaban J connectivity index is 1.34. The Labute approximate surface area is 213 Å². The lowest BCUT2D eigenvalue weighted by molar-refractivity contribution is -0.119. The minimum absolute atomic E-state index is 0.206. The molecule has 35 heavy (non-hydrogen) atoms. The fraction of sp³-hybridized carbons (Fsp3) is 0.391. The zero-order chi connectivity index (χ0) is 25.0. The van der Waals surface area contributed by atoms with Gasteiger partial charge in [-0.25, -0.2) is 17.7 Å². The normalized spacial score (nSPS) is 20.4. The second-order valence-corrected chi connectivity index (χ2v) is 14.2. The van der Waals surface area contributed by atoms with Crippen LogP contribution in [-0.4, -0.2) is 65.9 Å². The van der Waals surface area contributed by atoms with Crippen LogP contribution in [0.5, 0.6) is 0 Å². The van der Waals surface area contributed by atoms with Crippen molar-refractivity contribution in [2.45, 2.75) is 18.8 Å². The number of rotatable bonds is 8. The van der Waals surface area contributed by atoms with E-state index in [0.717, 1.165) is 5.56 Å². The number of nitrogens with one attached hydrogen (secondary N) is 1. The van der Waals surface area contributed by atoms with Crippen molar-refractivity contribution in [2.75, 3.05) is 49.1 Å². The molecule has 2 amide bonds. The van der Waals surface area contributed by atoms with E-state index in [1.807, 2.05) is 35.2 Å². The summed E-state index contributed by atoms with van der Waals surface area (Å²) in [5.74, 6) is -0.0901. The first-order valence-electron chi connectivity index (χ1n) is 11.2. The highest BCUT2D eigenvalue weighted by Gasteiger charge is 2.33. The molecule has 1 N–H and O–H groups in total. The summed E-state index contributed by atoms with van der Waals surface area (Å²) in [6.45, 7) is 3.73. The number of nitrogens with zero attached hydrogens (tertiary/aromatic N) is 3. The fourth-order valence-electron chi connectivity index (χ4n) is 3.96. The zero-order valence-electron chi connectivity index (χ0n) is 19.2. The van der Waals surface area contributed by atoms with Gasteiger partial charge in [-0.1, -0.05) is 30.3 Å². The van der Waals surface area contributed by atoms with Crippen LogP contribution in [0, 0.1) is 5.82 Å².